The van der Waals surface area contributed by atoms with Crippen molar-refractivity contribution in [2.24, 2.45) is 0 Å². The van der Waals surface area contributed by atoms with Gasteiger partial charge in [0.1, 0.15) is 12.2 Å². The molecule has 0 aliphatic rings. The highest BCUT2D eigenvalue weighted by Gasteiger charge is 2.31. The molecule has 0 unspecified atom stereocenters. The second kappa shape index (κ2) is 7.87. The molecular weight excluding hydrogens is 322 g/mol. The Bertz CT molecular complexity index is 628. The molecule has 0 aliphatic heterocycles. The first-order chi connectivity index (χ1) is 10.5. The summed E-state index contributed by atoms with van der Waals surface area (Å²) in [6.07, 6.45) is -3.83. The fourth-order valence-corrected chi connectivity index (χ4v) is 3.26. The maximum absolute atomic E-state index is 12.2. The summed E-state index contributed by atoms with van der Waals surface area (Å²) in [6.45, 7) is 5.85. The molecule has 0 saturated heterocycles. The van der Waals surface area contributed by atoms with E-state index in [1.807, 2.05) is 6.92 Å². The Morgan fingerprint density at radius 3 is 2.13 bits per heavy atom. The summed E-state index contributed by atoms with van der Waals surface area (Å²) in [6, 6.07) is 5.25. The van der Waals surface area contributed by atoms with E-state index in [1.54, 1.807) is 12.1 Å². The second-order valence-electron chi connectivity index (χ2n) is 5.52. The molecule has 0 heterocycles. The van der Waals surface area contributed by atoms with Gasteiger partial charge in [-0.05, 0) is 32.9 Å². The van der Waals surface area contributed by atoms with Crippen LogP contribution in [0.15, 0.2) is 29.2 Å². The van der Waals surface area contributed by atoms with Gasteiger partial charge in [0.15, 0.2) is 0 Å². The zero-order chi connectivity index (χ0) is 17.8. The average molecular weight is 345 g/mol. The Morgan fingerprint density at radius 2 is 1.65 bits per heavy atom. The van der Waals surface area contributed by atoms with Crippen LogP contribution < -0.4 is 4.72 Å². The number of rotatable bonds is 7. The lowest BCUT2D eigenvalue weighted by molar-refractivity contribution is -0.156. The minimum absolute atomic E-state index is 0.0599. The fraction of sp³-hybridized carbons (Fsp3) is 0.533. The van der Waals surface area contributed by atoms with E-state index in [0.29, 0.717) is 0 Å². The monoisotopic (exact) mass is 345 g/mol. The molecule has 0 aliphatic carbocycles. The number of benzene rings is 1. The van der Waals surface area contributed by atoms with E-state index in [4.69, 9.17) is 4.74 Å². The smallest absolute Gasteiger partial charge is 0.302 e. The third-order valence-corrected chi connectivity index (χ3v) is 4.94. The van der Waals surface area contributed by atoms with E-state index in [9.17, 15) is 23.4 Å². The van der Waals surface area contributed by atoms with Gasteiger partial charge in [-0.15, -0.1) is 0 Å². The van der Waals surface area contributed by atoms with E-state index in [-0.39, 0.29) is 4.90 Å². The van der Waals surface area contributed by atoms with Crippen LogP contribution in [0.25, 0.3) is 0 Å². The molecule has 0 radical (unpaired) electrons. The van der Waals surface area contributed by atoms with Crippen LogP contribution in [-0.2, 0) is 19.6 Å². The average Bonchev–Trinajstić information content (AvgIpc) is 2.44. The van der Waals surface area contributed by atoms with Crippen molar-refractivity contribution < 1.29 is 28.2 Å². The Morgan fingerprint density at radius 1 is 1.13 bits per heavy atom. The SMILES string of the molecule is CC(=O)O[C@H](C)[C@H](O)[C@H](O)[C@@H](C)NS(=O)(=O)c1ccc(C)cc1. The van der Waals surface area contributed by atoms with Gasteiger partial charge in [-0.1, -0.05) is 17.7 Å². The van der Waals surface area contributed by atoms with Gasteiger partial charge in [0, 0.05) is 13.0 Å². The van der Waals surface area contributed by atoms with Crippen LogP contribution in [0, 0.1) is 6.92 Å². The summed E-state index contributed by atoms with van der Waals surface area (Å²) >= 11 is 0. The Labute approximate surface area is 136 Å². The number of ether oxygens (including phenoxy) is 1. The summed E-state index contributed by atoms with van der Waals surface area (Å²) in [5.74, 6) is -0.600. The minimum atomic E-state index is -3.83. The minimum Gasteiger partial charge on any atom is -0.460 e. The van der Waals surface area contributed by atoms with Gasteiger partial charge in [-0.3, -0.25) is 4.79 Å². The van der Waals surface area contributed by atoms with Gasteiger partial charge in [0.05, 0.1) is 11.0 Å². The van der Waals surface area contributed by atoms with Crippen LogP contribution in [0.1, 0.15) is 26.3 Å². The highest BCUT2D eigenvalue weighted by Crippen LogP contribution is 2.13. The highest BCUT2D eigenvalue weighted by atomic mass is 32.2. The van der Waals surface area contributed by atoms with Crippen LogP contribution >= 0.6 is 0 Å². The van der Waals surface area contributed by atoms with Crippen molar-refractivity contribution in [2.75, 3.05) is 0 Å². The number of hydrogen-bond acceptors (Lipinski definition) is 6. The summed E-state index contributed by atoms with van der Waals surface area (Å²) in [4.78, 5) is 10.9. The number of aliphatic hydroxyl groups is 2. The van der Waals surface area contributed by atoms with Crippen LogP contribution in [0.3, 0.4) is 0 Å². The molecule has 0 aromatic heterocycles. The van der Waals surface area contributed by atoms with Crippen molar-refractivity contribution in [3.8, 4) is 0 Å². The largest absolute Gasteiger partial charge is 0.460 e. The van der Waals surface area contributed by atoms with Crippen LogP contribution in [0.4, 0.5) is 0 Å². The lowest BCUT2D eigenvalue weighted by Gasteiger charge is -2.28. The summed E-state index contributed by atoms with van der Waals surface area (Å²) in [7, 11) is -3.83. The molecule has 4 atom stereocenters. The van der Waals surface area contributed by atoms with Gasteiger partial charge >= 0.3 is 5.97 Å². The van der Waals surface area contributed by atoms with Crippen LogP contribution in [-0.4, -0.2) is 49.0 Å². The maximum atomic E-state index is 12.2. The van der Waals surface area contributed by atoms with Gasteiger partial charge in [0.2, 0.25) is 10.0 Å². The molecule has 1 aromatic rings. The lowest BCUT2D eigenvalue weighted by Crippen LogP contribution is -2.50. The molecule has 3 N–H and O–H groups in total. The second-order valence-corrected chi connectivity index (χ2v) is 7.23. The molecule has 0 spiro atoms. The van der Waals surface area contributed by atoms with E-state index in [2.05, 4.69) is 4.72 Å². The van der Waals surface area contributed by atoms with E-state index < -0.39 is 40.3 Å². The number of aryl methyl sites for hydroxylation is 1. The standard InChI is InChI=1S/C15H23NO6S/c1-9-5-7-13(8-6-9)23(20,21)16-10(2)14(18)15(19)11(3)22-12(4)17/h5-8,10-11,14-16,18-19H,1-4H3/t10-,11-,14-,15+/m1/s1. The van der Waals surface area contributed by atoms with Crippen molar-refractivity contribution in [1.82, 2.24) is 4.72 Å². The molecule has 130 valence electrons. The number of hydrogen-bond donors (Lipinski definition) is 3. The summed E-state index contributed by atoms with van der Waals surface area (Å²) < 4.78 is 31.6. The van der Waals surface area contributed by atoms with Crippen molar-refractivity contribution >= 4 is 16.0 Å². The molecule has 1 aromatic carbocycles. The molecule has 1 rings (SSSR count). The van der Waals surface area contributed by atoms with Gasteiger partial charge in [0.25, 0.3) is 0 Å². The molecule has 0 amide bonds. The number of carbonyl (C=O) groups excluding carboxylic acids is 1. The normalized spacial score (nSPS) is 17.1. The molecule has 0 bridgehead atoms. The summed E-state index contributed by atoms with van der Waals surface area (Å²) in [5.41, 5.74) is 0.919. The van der Waals surface area contributed by atoms with Crippen LogP contribution in [0.2, 0.25) is 0 Å². The first-order valence-electron chi connectivity index (χ1n) is 7.17. The molecule has 0 saturated carbocycles. The molecule has 7 nitrogen and oxygen atoms in total. The van der Waals surface area contributed by atoms with Crippen LogP contribution in [0.5, 0.6) is 0 Å². The Hall–Kier alpha value is -1.48. The first kappa shape index (κ1) is 19.6. The van der Waals surface area contributed by atoms with Gasteiger partial charge in [-0.2, -0.15) is 0 Å². The quantitative estimate of drug-likeness (QED) is 0.614. The number of carbonyl (C=O) groups is 1. The van der Waals surface area contributed by atoms with Crippen molar-refractivity contribution in [1.29, 1.82) is 0 Å². The number of esters is 1. The first-order valence-corrected chi connectivity index (χ1v) is 8.65. The highest BCUT2D eigenvalue weighted by molar-refractivity contribution is 7.89. The lowest BCUT2D eigenvalue weighted by atomic mass is 10.0. The predicted octanol–water partition coefficient (Wildman–Crippen LogP) is 0.335. The summed E-state index contributed by atoms with van der Waals surface area (Å²) in [5, 5.41) is 20.0. The molecule has 0 fully saturated rings. The molecular formula is C15H23NO6S. The third kappa shape index (κ3) is 5.58. The van der Waals surface area contributed by atoms with E-state index in [1.165, 1.54) is 32.9 Å². The Balaban J connectivity index is 2.78. The number of sulfonamides is 1. The van der Waals surface area contributed by atoms with E-state index in [0.717, 1.165) is 5.56 Å². The fourth-order valence-electron chi connectivity index (χ4n) is 2.00. The number of nitrogens with one attached hydrogen (secondary N) is 1. The number of aliphatic hydroxyl groups excluding tert-OH is 2. The zero-order valence-electron chi connectivity index (χ0n) is 13.6. The van der Waals surface area contributed by atoms with E-state index >= 15 is 0 Å². The topological polar surface area (TPSA) is 113 Å². The molecule has 23 heavy (non-hydrogen) atoms. The molecule has 8 heteroatoms. The van der Waals surface area contributed by atoms with Gasteiger partial charge in [-0.25, -0.2) is 13.1 Å². The predicted molar refractivity (Wildman–Crippen MR) is 84.2 cm³/mol. The Kier molecular flexibility index (Phi) is 6.69. The van der Waals surface area contributed by atoms with Crippen molar-refractivity contribution in [2.45, 2.75) is 56.9 Å². The van der Waals surface area contributed by atoms with Gasteiger partial charge < -0.3 is 14.9 Å². The van der Waals surface area contributed by atoms with Crippen molar-refractivity contribution in [3.05, 3.63) is 29.8 Å². The third-order valence-electron chi connectivity index (χ3n) is 3.37. The van der Waals surface area contributed by atoms with Crippen molar-refractivity contribution in [3.63, 3.8) is 0 Å². The zero-order valence-corrected chi connectivity index (χ0v) is 14.4. The maximum Gasteiger partial charge on any atom is 0.302 e.